The van der Waals surface area contributed by atoms with Crippen molar-refractivity contribution in [3.63, 3.8) is 0 Å². The average molecular weight is 311 g/mol. The molecule has 1 aromatic heterocycles. The van der Waals surface area contributed by atoms with Crippen LogP contribution in [0, 0.1) is 0 Å². The van der Waals surface area contributed by atoms with Gasteiger partial charge in [-0.05, 0) is 19.3 Å². The second kappa shape index (κ2) is 14.3. The molecule has 1 N–H and O–H groups in total. The van der Waals surface area contributed by atoms with Crippen molar-refractivity contribution in [1.82, 2.24) is 9.97 Å². The standard InChI is InChI=1S/C15H32P.C3H4N2/c1-5-9-13-16(12-8-4,14-10-6-2)15-11-7-3;1-2-5-3-4-1/h8H,4-7,9-15H2,1-3H3;1-3H,(H,4,5)/q+1;. The molecular formula is C18H36N2P+. The number of nitrogens with zero attached hydrogens (tertiary/aromatic N) is 1. The molecule has 0 radical (unpaired) electrons. The first-order valence-corrected chi connectivity index (χ1v) is 11.2. The van der Waals surface area contributed by atoms with E-state index in [2.05, 4.69) is 43.4 Å². The molecule has 0 saturated heterocycles. The lowest BCUT2D eigenvalue weighted by Crippen LogP contribution is -2.11. The molecule has 1 rings (SSSR count). The summed E-state index contributed by atoms with van der Waals surface area (Å²) in [5, 5.41) is 0. The molecule has 0 aliphatic rings. The zero-order valence-corrected chi connectivity index (χ0v) is 15.4. The Bertz CT molecular complexity index is 270. The van der Waals surface area contributed by atoms with Crippen LogP contribution in [0.15, 0.2) is 31.4 Å². The second-order valence-corrected chi connectivity index (χ2v) is 10.2. The van der Waals surface area contributed by atoms with Gasteiger partial charge in [0.25, 0.3) is 0 Å². The minimum absolute atomic E-state index is 0.664. The second-order valence-electron chi connectivity index (χ2n) is 5.80. The highest BCUT2D eigenvalue weighted by molar-refractivity contribution is 7.76. The molecule has 0 aliphatic carbocycles. The van der Waals surface area contributed by atoms with E-state index < -0.39 is 7.26 Å². The summed E-state index contributed by atoms with van der Waals surface area (Å²) in [5.74, 6) is 0. The molecule has 0 atom stereocenters. The maximum absolute atomic E-state index is 4.00. The third-order valence-electron chi connectivity index (χ3n) is 3.88. The summed E-state index contributed by atoms with van der Waals surface area (Å²) in [6.45, 7) is 11.0. The number of H-pyrrole nitrogens is 1. The van der Waals surface area contributed by atoms with E-state index in [1.165, 1.54) is 63.2 Å². The summed E-state index contributed by atoms with van der Waals surface area (Å²) in [6.07, 6.45) is 21.6. The minimum Gasteiger partial charge on any atom is -0.351 e. The van der Waals surface area contributed by atoms with E-state index in [1.54, 1.807) is 18.7 Å². The van der Waals surface area contributed by atoms with Gasteiger partial charge < -0.3 is 4.98 Å². The fourth-order valence-electron chi connectivity index (χ4n) is 2.58. The van der Waals surface area contributed by atoms with Crippen molar-refractivity contribution in [1.29, 1.82) is 0 Å². The number of hydrogen-bond donors (Lipinski definition) is 1. The lowest BCUT2D eigenvalue weighted by atomic mass is 10.4. The van der Waals surface area contributed by atoms with E-state index in [1.807, 2.05) is 0 Å². The topological polar surface area (TPSA) is 28.7 Å². The SMILES string of the molecule is C=CC[P+](CCCC)(CCCC)CCCC.c1c[nH]cn1. The van der Waals surface area contributed by atoms with Gasteiger partial charge in [-0.3, -0.25) is 0 Å². The first kappa shape index (κ1) is 20.4. The van der Waals surface area contributed by atoms with Gasteiger partial charge in [0.2, 0.25) is 0 Å². The number of nitrogens with one attached hydrogen (secondary N) is 1. The predicted molar refractivity (Wildman–Crippen MR) is 99.9 cm³/mol. The van der Waals surface area contributed by atoms with Gasteiger partial charge in [0.1, 0.15) is 0 Å². The number of aromatic nitrogens is 2. The number of allylic oxidation sites excluding steroid dienone is 1. The van der Waals surface area contributed by atoms with Crippen LogP contribution in [-0.2, 0) is 0 Å². The number of aromatic amines is 1. The van der Waals surface area contributed by atoms with E-state index >= 15 is 0 Å². The predicted octanol–water partition coefficient (Wildman–Crippen LogP) is 6.00. The molecule has 122 valence electrons. The maximum atomic E-state index is 4.00. The molecule has 0 amide bonds. The fourth-order valence-corrected chi connectivity index (χ4v) is 7.31. The van der Waals surface area contributed by atoms with Gasteiger partial charge in [0.15, 0.2) is 0 Å². The van der Waals surface area contributed by atoms with Crippen LogP contribution < -0.4 is 0 Å². The minimum atomic E-state index is -0.664. The maximum Gasteiger partial charge on any atom is 0.0919 e. The lowest BCUT2D eigenvalue weighted by Gasteiger charge is -2.26. The van der Waals surface area contributed by atoms with Crippen LogP contribution in [-0.4, -0.2) is 34.6 Å². The van der Waals surface area contributed by atoms with Crippen molar-refractivity contribution in [3.05, 3.63) is 31.4 Å². The Balaban J connectivity index is 0.000000662. The zero-order chi connectivity index (χ0) is 15.8. The van der Waals surface area contributed by atoms with E-state index in [4.69, 9.17) is 0 Å². The van der Waals surface area contributed by atoms with Crippen LogP contribution in [0.5, 0.6) is 0 Å². The van der Waals surface area contributed by atoms with E-state index in [-0.39, 0.29) is 0 Å². The van der Waals surface area contributed by atoms with E-state index in [0.717, 1.165) is 0 Å². The van der Waals surface area contributed by atoms with Crippen molar-refractivity contribution in [2.45, 2.75) is 59.3 Å². The highest BCUT2D eigenvalue weighted by atomic mass is 31.2. The Morgan fingerprint density at radius 3 is 1.76 bits per heavy atom. The number of unbranched alkanes of at least 4 members (excludes halogenated alkanes) is 3. The summed E-state index contributed by atoms with van der Waals surface area (Å²) in [7, 11) is -0.664. The van der Waals surface area contributed by atoms with Crippen LogP contribution in [0.25, 0.3) is 0 Å². The monoisotopic (exact) mass is 311 g/mol. The van der Waals surface area contributed by atoms with Crippen LogP contribution in [0.2, 0.25) is 0 Å². The summed E-state index contributed by atoms with van der Waals surface area (Å²) in [6, 6.07) is 0. The average Bonchev–Trinajstić information content (AvgIpc) is 3.08. The van der Waals surface area contributed by atoms with Crippen LogP contribution >= 0.6 is 7.26 Å². The van der Waals surface area contributed by atoms with Gasteiger partial charge in [0, 0.05) is 19.7 Å². The third kappa shape index (κ3) is 10.7. The van der Waals surface area contributed by atoms with Gasteiger partial charge >= 0.3 is 0 Å². The summed E-state index contributed by atoms with van der Waals surface area (Å²) >= 11 is 0. The van der Waals surface area contributed by atoms with Gasteiger partial charge in [0.05, 0.1) is 31.0 Å². The van der Waals surface area contributed by atoms with Gasteiger partial charge in [-0.15, -0.1) is 0 Å². The Morgan fingerprint density at radius 2 is 1.52 bits per heavy atom. The van der Waals surface area contributed by atoms with E-state index in [0.29, 0.717) is 0 Å². The van der Waals surface area contributed by atoms with Crippen molar-refractivity contribution in [2.75, 3.05) is 24.6 Å². The highest BCUT2D eigenvalue weighted by Crippen LogP contribution is 2.60. The number of hydrogen-bond acceptors (Lipinski definition) is 1. The molecule has 0 aromatic carbocycles. The molecule has 0 aliphatic heterocycles. The molecule has 0 saturated carbocycles. The summed E-state index contributed by atoms with van der Waals surface area (Å²) < 4.78 is 0. The molecule has 1 heterocycles. The quantitative estimate of drug-likeness (QED) is 0.394. The normalized spacial score (nSPS) is 10.8. The van der Waals surface area contributed by atoms with Crippen molar-refractivity contribution in [3.8, 4) is 0 Å². The Kier molecular flexibility index (Phi) is 13.9. The first-order chi connectivity index (χ1) is 10.2. The van der Waals surface area contributed by atoms with Crippen molar-refractivity contribution < 1.29 is 0 Å². The van der Waals surface area contributed by atoms with Crippen molar-refractivity contribution in [2.24, 2.45) is 0 Å². The zero-order valence-electron chi connectivity index (χ0n) is 14.5. The molecule has 21 heavy (non-hydrogen) atoms. The Morgan fingerprint density at radius 1 is 1.00 bits per heavy atom. The molecule has 2 nitrogen and oxygen atoms in total. The number of rotatable bonds is 11. The fraction of sp³-hybridized carbons (Fsp3) is 0.722. The molecule has 0 unspecified atom stereocenters. The smallest absolute Gasteiger partial charge is 0.0919 e. The van der Waals surface area contributed by atoms with Gasteiger partial charge in [-0.1, -0.05) is 52.7 Å². The molecule has 0 spiro atoms. The van der Waals surface area contributed by atoms with Gasteiger partial charge in [-0.2, -0.15) is 0 Å². The molecule has 3 heteroatoms. The largest absolute Gasteiger partial charge is 0.351 e. The van der Waals surface area contributed by atoms with Crippen molar-refractivity contribution >= 4 is 7.26 Å². The summed E-state index contributed by atoms with van der Waals surface area (Å²) in [5.41, 5.74) is 0. The Labute approximate surface area is 133 Å². The lowest BCUT2D eigenvalue weighted by molar-refractivity contribution is 0.836. The number of imidazole rings is 1. The molecule has 0 bridgehead atoms. The van der Waals surface area contributed by atoms with Crippen LogP contribution in [0.1, 0.15) is 59.3 Å². The van der Waals surface area contributed by atoms with Crippen LogP contribution in [0.3, 0.4) is 0 Å². The van der Waals surface area contributed by atoms with E-state index in [9.17, 15) is 0 Å². The summed E-state index contributed by atoms with van der Waals surface area (Å²) in [4.78, 5) is 6.42. The molecule has 1 aromatic rings. The molecular weight excluding hydrogens is 275 g/mol. The Hall–Kier alpha value is -0.620. The van der Waals surface area contributed by atoms with Crippen LogP contribution in [0.4, 0.5) is 0 Å². The molecule has 0 fully saturated rings. The first-order valence-electron chi connectivity index (χ1n) is 8.63. The third-order valence-corrected chi connectivity index (χ3v) is 8.71. The highest BCUT2D eigenvalue weighted by Gasteiger charge is 2.33. The van der Waals surface area contributed by atoms with Gasteiger partial charge in [-0.25, -0.2) is 4.98 Å².